The summed E-state index contributed by atoms with van der Waals surface area (Å²) in [6.07, 6.45) is 6.73. The van der Waals surface area contributed by atoms with E-state index in [2.05, 4.69) is 5.32 Å². The molecule has 29 heavy (non-hydrogen) atoms. The van der Waals surface area contributed by atoms with Crippen molar-refractivity contribution in [3.8, 4) is 0 Å². The second-order valence-electron chi connectivity index (χ2n) is 7.48. The third-order valence-electron chi connectivity index (χ3n) is 5.25. The van der Waals surface area contributed by atoms with Crippen LogP contribution in [0.5, 0.6) is 0 Å². The van der Waals surface area contributed by atoms with E-state index in [1.165, 1.54) is 24.6 Å². The Hall–Kier alpha value is -2.11. The number of halogens is 1. The van der Waals surface area contributed by atoms with Gasteiger partial charge in [-0.1, -0.05) is 66.5 Å². The summed E-state index contributed by atoms with van der Waals surface area (Å²) in [6, 6.07) is 17.2. The number of anilines is 1. The van der Waals surface area contributed by atoms with Crippen molar-refractivity contribution in [3.05, 3.63) is 65.2 Å². The maximum Gasteiger partial charge on any atom is 0.234 e. The number of hydrogen-bond donors (Lipinski definition) is 1. The Morgan fingerprint density at radius 2 is 1.66 bits per heavy atom. The maximum atomic E-state index is 12.4. The number of carbonyl (C=O) groups excluding carboxylic acids is 1. The lowest BCUT2D eigenvalue weighted by Crippen LogP contribution is -2.20. The normalized spacial score (nSPS) is 18.1. The fourth-order valence-corrected chi connectivity index (χ4v) is 4.79. The summed E-state index contributed by atoms with van der Waals surface area (Å²) in [7, 11) is 0. The summed E-state index contributed by atoms with van der Waals surface area (Å²) >= 11 is 7.54. The van der Waals surface area contributed by atoms with E-state index in [1.807, 2.05) is 54.6 Å². The van der Waals surface area contributed by atoms with Crippen molar-refractivity contribution >= 4 is 45.7 Å². The van der Waals surface area contributed by atoms with Gasteiger partial charge in [-0.2, -0.15) is 0 Å². The molecule has 1 aliphatic carbocycles. The Bertz CT molecular complexity index is 917. The van der Waals surface area contributed by atoms with Crippen molar-refractivity contribution in [2.24, 2.45) is 9.98 Å². The molecule has 0 radical (unpaired) electrons. The molecule has 1 aliphatic heterocycles. The number of aliphatic imine (C=N–C) groups is 2. The van der Waals surface area contributed by atoms with Crippen molar-refractivity contribution in [1.82, 2.24) is 0 Å². The lowest BCUT2D eigenvalue weighted by molar-refractivity contribution is -0.113. The maximum absolute atomic E-state index is 12.4. The van der Waals surface area contributed by atoms with Crippen LogP contribution >= 0.6 is 23.4 Å². The fourth-order valence-electron chi connectivity index (χ4n) is 3.79. The van der Waals surface area contributed by atoms with E-state index >= 15 is 0 Å². The molecule has 6 heteroatoms. The molecule has 0 bridgehead atoms. The zero-order valence-electron chi connectivity index (χ0n) is 16.2. The predicted molar refractivity (Wildman–Crippen MR) is 123 cm³/mol. The number of hydrogen-bond acceptors (Lipinski definition) is 4. The van der Waals surface area contributed by atoms with Crippen molar-refractivity contribution < 1.29 is 4.79 Å². The molecular weight excluding hydrogens is 402 g/mol. The summed E-state index contributed by atoms with van der Waals surface area (Å²) in [5.74, 6) is 0.261. The minimum absolute atomic E-state index is 0.0406. The van der Waals surface area contributed by atoms with Crippen molar-refractivity contribution in [1.29, 1.82) is 0 Å². The van der Waals surface area contributed by atoms with Crippen molar-refractivity contribution in [3.63, 3.8) is 0 Å². The number of nitrogens with zero attached hydrogens (tertiary/aromatic N) is 2. The van der Waals surface area contributed by atoms with E-state index in [0.717, 1.165) is 47.7 Å². The van der Waals surface area contributed by atoms with Crippen LogP contribution in [-0.2, 0) is 4.79 Å². The topological polar surface area (TPSA) is 53.8 Å². The zero-order chi connectivity index (χ0) is 20.1. The molecule has 1 amide bonds. The first-order valence-electron chi connectivity index (χ1n) is 10.1. The number of rotatable bonds is 4. The molecule has 2 aromatic rings. The van der Waals surface area contributed by atoms with E-state index in [-0.39, 0.29) is 11.6 Å². The number of carbonyl (C=O) groups is 1. The zero-order valence-corrected chi connectivity index (χ0v) is 17.8. The third kappa shape index (κ3) is 5.09. The summed E-state index contributed by atoms with van der Waals surface area (Å²) in [6.45, 7) is 0. The van der Waals surface area contributed by atoms with E-state index in [4.69, 9.17) is 21.6 Å². The van der Waals surface area contributed by atoms with Gasteiger partial charge >= 0.3 is 0 Å². The Morgan fingerprint density at radius 3 is 2.34 bits per heavy atom. The molecule has 1 spiro atoms. The van der Waals surface area contributed by atoms with Gasteiger partial charge in [0.15, 0.2) is 5.66 Å². The highest BCUT2D eigenvalue weighted by molar-refractivity contribution is 8.16. The number of amides is 1. The molecular formula is C23H24ClN3OS. The lowest BCUT2D eigenvalue weighted by Gasteiger charge is -2.20. The van der Waals surface area contributed by atoms with E-state index in [9.17, 15) is 4.79 Å². The number of para-hydroxylation sites is 1. The molecule has 1 N–H and O–H groups in total. The van der Waals surface area contributed by atoms with Gasteiger partial charge in [0, 0.05) is 16.3 Å². The van der Waals surface area contributed by atoms with Crippen LogP contribution in [-0.4, -0.2) is 28.1 Å². The summed E-state index contributed by atoms with van der Waals surface area (Å²) in [5, 5.41) is 4.49. The van der Waals surface area contributed by atoms with Gasteiger partial charge in [0.05, 0.1) is 11.5 Å². The Balaban J connectivity index is 1.52. The molecule has 0 saturated heterocycles. The van der Waals surface area contributed by atoms with Crippen LogP contribution in [0.1, 0.15) is 44.1 Å². The first-order chi connectivity index (χ1) is 14.1. The molecule has 4 nitrogen and oxygen atoms in total. The van der Waals surface area contributed by atoms with Crippen LogP contribution in [0.3, 0.4) is 0 Å². The number of benzene rings is 2. The first-order valence-corrected chi connectivity index (χ1v) is 11.4. The summed E-state index contributed by atoms with van der Waals surface area (Å²) < 4.78 is 0. The van der Waals surface area contributed by atoms with E-state index in [1.54, 1.807) is 0 Å². The molecule has 1 fully saturated rings. The first kappa shape index (κ1) is 20.2. The predicted octanol–water partition coefficient (Wildman–Crippen LogP) is 5.96. The van der Waals surface area contributed by atoms with Crippen LogP contribution in [0.15, 0.2) is 64.6 Å². The molecule has 0 atom stereocenters. The second-order valence-corrected chi connectivity index (χ2v) is 8.88. The Labute approximate surface area is 180 Å². The largest absolute Gasteiger partial charge is 0.325 e. The van der Waals surface area contributed by atoms with Gasteiger partial charge in [-0.3, -0.25) is 9.79 Å². The minimum Gasteiger partial charge on any atom is -0.325 e. The standard InChI is InChI=1S/C23H24ClN3OS/c24-18-12-10-17(11-13-18)21-22(27-23(26-21)14-6-1-2-7-15-23)29-16-20(28)25-19-8-4-3-5-9-19/h3-5,8-13H,1-2,6-7,14-16H2,(H,25,28). The lowest BCUT2D eigenvalue weighted by atomic mass is 10.0. The average Bonchev–Trinajstić information content (AvgIpc) is 2.92. The van der Waals surface area contributed by atoms with Gasteiger partial charge in [0.25, 0.3) is 0 Å². The fraction of sp³-hybridized carbons (Fsp3) is 0.348. The number of nitrogens with one attached hydrogen (secondary N) is 1. The molecule has 0 aromatic heterocycles. The molecule has 1 saturated carbocycles. The van der Waals surface area contributed by atoms with Crippen LogP contribution in [0.4, 0.5) is 5.69 Å². The van der Waals surface area contributed by atoms with Gasteiger partial charge in [-0.05, 0) is 49.9 Å². The quantitative estimate of drug-likeness (QED) is 0.656. The highest BCUT2D eigenvalue weighted by Crippen LogP contribution is 2.38. The Morgan fingerprint density at radius 1 is 0.966 bits per heavy atom. The summed E-state index contributed by atoms with van der Waals surface area (Å²) in [4.78, 5) is 22.6. The van der Waals surface area contributed by atoms with E-state index < -0.39 is 0 Å². The van der Waals surface area contributed by atoms with Crippen LogP contribution in [0.2, 0.25) is 5.02 Å². The van der Waals surface area contributed by atoms with Crippen LogP contribution < -0.4 is 5.32 Å². The average molecular weight is 426 g/mol. The van der Waals surface area contributed by atoms with Gasteiger partial charge in [-0.25, -0.2) is 4.99 Å². The molecule has 2 aliphatic rings. The van der Waals surface area contributed by atoms with E-state index in [0.29, 0.717) is 10.8 Å². The van der Waals surface area contributed by atoms with Gasteiger partial charge < -0.3 is 5.32 Å². The third-order valence-corrected chi connectivity index (χ3v) is 6.47. The molecule has 0 unspecified atom stereocenters. The smallest absolute Gasteiger partial charge is 0.234 e. The van der Waals surface area contributed by atoms with Crippen molar-refractivity contribution in [2.75, 3.05) is 11.1 Å². The molecule has 2 aromatic carbocycles. The monoisotopic (exact) mass is 425 g/mol. The minimum atomic E-state index is -0.357. The summed E-state index contributed by atoms with van der Waals surface area (Å²) in [5.41, 5.74) is 2.34. The van der Waals surface area contributed by atoms with Crippen LogP contribution in [0, 0.1) is 0 Å². The Kier molecular flexibility index (Phi) is 6.36. The number of thioether (sulfide) groups is 1. The van der Waals surface area contributed by atoms with Crippen LogP contribution in [0.25, 0.3) is 0 Å². The molecule has 4 rings (SSSR count). The highest BCUT2D eigenvalue weighted by Gasteiger charge is 2.37. The SMILES string of the molecule is O=C(CSC1=NC2(CCCCCC2)N=C1c1ccc(Cl)cc1)Nc1ccccc1. The molecule has 150 valence electrons. The highest BCUT2D eigenvalue weighted by atomic mass is 35.5. The van der Waals surface area contributed by atoms with Crippen molar-refractivity contribution in [2.45, 2.75) is 44.2 Å². The van der Waals surface area contributed by atoms with Gasteiger partial charge in [-0.15, -0.1) is 0 Å². The second kappa shape index (κ2) is 9.14. The van der Waals surface area contributed by atoms with Gasteiger partial charge in [0.1, 0.15) is 5.04 Å². The van der Waals surface area contributed by atoms with Gasteiger partial charge in [0.2, 0.25) is 5.91 Å². The molecule has 1 heterocycles.